The van der Waals surface area contributed by atoms with Crippen LogP contribution in [0, 0.1) is 11.8 Å². The second-order valence-corrected chi connectivity index (χ2v) is 10.7. The van der Waals surface area contributed by atoms with E-state index in [9.17, 15) is 4.79 Å². The molecule has 0 fully saturated rings. The third-order valence-corrected chi connectivity index (χ3v) is 7.60. The number of nitrogens with one attached hydrogen (secondary N) is 1. The fraction of sp³-hybridized carbons (Fsp3) is 0.435. The van der Waals surface area contributed by atoms with E-state index in [1.807, 2.05) is 31.3 Å². The minimum absolute atomic E-state index is 0.00523. The third kappa shape index (κ3) is 4.54. The number of halogens is 1. The predicted octanol–water partition coefficient (Wildman–Crippen LogP) is 3.49. The zero-order valence-corrected chi connectivity index (χ0v) is 19.9. The van der Waals surface area contributed by atoms with Crippen LogP contribution in [0.3, 0.4) is 0 Å². The number of hydrogen-bond acceptors (Lipinski definition) is 6. The van der Waals surface area contributed by atoms with Crippen molar-refractivity contribution < 1.29 is 4.79 Å². The van der Waals surface area contributed by atoms with E-state index in [4.69, 9.17) is 16.7 Å². The molecule has 1 aliphatic heterocycles. The Bertz CT molecular complexity index is 973. The minimum Gasteiger partial charge on any atom is -0.316 e. The van der Waals surface area contributed by atoms with Crippen LogP contribution in [0.15, 0.2) is 52.2 Å². The quantitative estimate of drug-likeness (QED) is 0.455. The standard InChI is InChI=1S/C23H29ClN5OP/c1-25-14-31(3)15-26-10-11-28(2)12-13-29-19-9-5-7-17-21(19)22(27-29)16-6-4-8-18(24)20(16)23(17)30/h4-9,15,17,21,25H,10-14H2,1-3H3. The number of rotatable bonds is 9. The molecule has 1 N–H and O–H groups in total. The smallest absolute Gasteiger partial charge is 0.172 e. The second-order valence-electron chi connectivity index (χ2n) is 8.21. The lowest BCUT2D eigenvalue weighted by atomic mass is 9.71. The molecule has 1 heterocycles. The molecule has 1 aromatic carbocycles. The molecule has 0 amide bonds. The summed E-state index contributed by atoms with van der Waals surface area (Å²) < 4.78 is 0. The SMILES string of the molecule is CNCP(C)C=NCCN(C)CCN1N=C2c3cccc(Cl)c3C(=O)C3C=CC=C1C23. The van der Waals surface area contributed by atoms with Crippen molar-refractivity contribution in [2.45, 2.75) is 0 Å². The van der Waals surface area contributed by atoms with Crippen LogP contribution in [-0.4, -0.2) is 80.6 Å². The number of carbonyl (C=O) groups excluding carboxylic acids is 1. The molecule has 0 spiro atoms. The Kier molecular flexibility index (Phi) is 7.02. The first-order chi connectivity index (χ1) is 15.0. The summed E-state index contributed by atoms with van der Waals surface area (Å²) >= 11 is 6.39. The van der Waals surface area contributed by atoms with Crippen molar-refractivity contribution in [2.24, 2.45) is 21.9 Å². The molecule has 3 atom stereocenters. The van der Waals surface area contributed by atoms with Crippen LogP contribution in [0.25, 0.3) is 0 Å². The van der Waals surface area contributed by atoms with Gasteiger partial charge in [0.1, 0.15) is 0 Å². The van der Waals surface area contributed by atoms with Crippen molar-refractivity contribution >= 4 is 37.0 Å². The lowest BCUT2D eigenvalue weighted by Gasteiger charge is -2.31. The number of likely N-dealkylation sites (N-methyl/N-ethyl adjacent to an activating group) is 1. The van der Waals surface area contributed by atoms with Crippen molar-refractivity contribution in [3.63, 3.8) is 0 Å². The maximum atomic E-state index is 13.1. The molecule has 4 rings (SSSR count). The van der Waals surface area contributed by atoms with Gasteiger partial charge in [0.2, 0.25) is 0 Å². The van der Waals surface area contributed by atoms with E-state index in [2.05, 4.69) is 46.0 Å². The zero-order valence-electron chi connectivity index (χ0n) is 18.3. The Morgan fingerprint density at radius 3 is 3.03 bits per heavy atom. The normalized spacial score (nSPS) is 22.6. The van der Waals surface area contributed by atoms with Gasteiger partial charge in [-0.05, 0) is 32.9 Å². The molecule has 8 heteroatoms. The molecule has 164 valence electrons. The number of Topliss-reactive ketones (excluding diaryl/α,β-unsaturated/α-hetero) is 1. The maximum Gasteiger partial charge on any atom is 0.172 e. The monoisotopic (exact) mass is 457 g/mol. The summed E-state index contributed by atoms with van der Waals surface area (Å²) in [4.78, 5) is 20.0. The fourth-order valence-electron chi connectivity index (χ4n) is 4.37. The highest BCUT2D eigenvalue weighted by atomic mass is 35.5. The van der Waals surface area contributed by atoms with Gasteiger partial charge in [0.05, 0.1) is 35.7 Å². The second kappa shape index (κ2) is 9.74. The Morgan fingerprint density at radius 1 is 1.39 bits per heavy atom. The number of aliphatic imine (C=N–C) groups is 1. The predicted molar refractivity (Wildman–Crippen MR) is 131 cm³/mol. The van der Waals surface area contributed by atoms with Gasteiger partial charge in [-0.1, -0.05) is 43.8 Å². The van der Waals surface area contributed by atoms with Crippen LogP contribution < -0.4 is 5.32 Å². The van der Waals surface area contributed by atoms with Crippen LogP contribution in [0.5, 0.6) is 0 Å². The Hall–Kier alpha value is -1.85. The molecule has 3 unspecified atom stereocenters. The number of fused-ring (bicyclic) bond motifs is 2. The van der Waals surface area contributed by atoms with Gasteiger partial charge in [-0.3, -0.25) is 14.8 Å². The van der Waals surface area contributed by atoms with Gasteiger partial charge in [0.15, 0.2) is 5.78 Å². The van der Waals surface area contributed by atoms with Crippen LogP contribution in [0.1, 0.15) is 15.9 Å². The molecular formula is C23H29ClN5OP. The Balaban J connectivity index is 1.43. The van der Waals surface area contributed by atoms with Crippen molar-refractivity contribution in [2.75, 3.05) is 53.2 Å². The fourth-order valence-corrected chi connectivity index (χ4v) is 5.61. The van der Waals surface area contributed by atoms with Gasteiger partial charge >= 0.3 is 0 Å². The first-order valence-electron chi connectivity index (χ1n) is 10.6. The van der Waals surface area contributed by atoms with Crippen LogP contribution >= 0.6 is 19.5 Å². The van der Waals surface area contributed by atoms with Gasteiger partial charge in [0.25, 0.3) is 0 Å². The van der Waals surface area contributed by atoms with Crippen LogP contribution in [0.4, 0.5) is 0 Å². The van der Waals surface area contributed by atoms with E-state index < -0.39 is 0 Å². The first-order valence-corrected chi connectivity index (χ1v) is 13.0. The largest absolute Gasteiger partial charge is 0.316 e. The summed E-state index contributed by atoms with van der Waals surface area (Å²) in [5.41, 5.74) is 3.56. The van der Waals surface area contributed by atoms with Crippen molar-refractivity contribution in [3.05, 3.63) is 58.3 Å². The highest BCUT2D eigenvalue weighted by Gasteiger charge is 2.47. The van der Waals surface area contributed by atoms with Crippen molar-refractivity contribution in [1.82, 2.24) is 15.2 Å². The lowest BCUT2D eigenvalue weighted by molar-refractivity contribution is 0.0924. The molecular weight excluding hydrogens is 429 g/mol. The molecule has 0 saturated heterocycles. The summed E-state index contributed by atoms with van der Waals surface area (Å²) in [5, 5.41) is 10.7. The Labute approximate surface area is 190 Å². The zero-order chi connectivity index (χ0) is 22.0. The summed E-state index contributed by atoms with van der Waals surface area (Å²) in [5.74, 6) is 1.96. The molecule has 0 bridgehead atoms. The van der Waals surface area contributed by atoms with Gasteiger partial charge in [-0.15, -0.1) is 0 Å². The molecule has 1 aromatic rings. The number of benzene rings is 1. The Morgan fingerprint density at radius 2 is 2.23 bits per heavy atom. The van der Waals surface area contributed by atoms with E-state index >= 15 is 0 Å². The van der Waals surface area contributed by atoms with Crippen molar-refractivity contribution in [1.29, 1.82) is 0 Å². The summed E-state index contributed by atoms with van der Waals surface area (Å²) in [6.45, 7) is 5.58. The van der Waals surface area contributed by atoms with Gasteiger partial charge in [0, 0.05) is 42.2 Å². The number of allylic oxidation sites excluding steroid dienone is 4. The number of ketones is 1. The number of hydrazone groups is 1. The van der Waals surface area contributed by atoms with Crippen molar-refractivity contribution in [3.8, 4) is 0 Å². The highest BCUT2D eigenvalue weighted by molar-refractivity contribution is 7.71. The lowest BCUT2D eigenvalue weighted by Crippen LogP contribution is -2.37. The van der Waals surface area contributed by atoms with E-state index in [-0.39, 0.29) is 25.5 Å². The summed E-state index contributed by atoms with van der Waals surface area (Å²) in [7, 11) is 3.92. The van der Waals surface area contributed by atoms with E-state index in [0.29, 0.717) is 10.6 Å². The van der Waals surface area contributed by atoms with Gasteiger partial charge < -0.3 is 10.2 Å². The van der Waals surface area contributed by atoms with E-state index in [1.54, 1.807) is 6.07 Å². The first kappa shape index (κ1) is 22.3. The molecule has 0 aromatic heterocycles. The third-order valence-electron chi connectivity index (χ3n) is 5.91. The molecule has 2 aliphatic carbocycles. The average Bonchev–Trinajstić information content (AvgIpc) is 3.13. The van der Waals surface area contributed by atoms with E-state index in [0.717, 1.165) is 49.4 Å². The summed E-state index contributed by atoms with van der Waals surface area (Å²) in [6.07, 6.45) is 7.07. The number of hydrogen-bond donors (Lipinski definition) is 1. The summed E-state index contributed by atoms with van der Waals surface area (Å²) in [6, 6.07) is 5.65. The highest BCUT2D eigenvalue weighted by Crippen LogP contribution is 2.44. The number of nitrogens with zero attached hydrogens (tertiary/aromatic N) is 4. The molecule has 0 radical (unpaired) electrons. The van der Waals surface area contributed by atoms with Gasteiger partial charge in [-0.2, -0.15) is 5.10 Å². The molecule has 3 aliphatic rings. The maximum absolute atomic E-state index is 13.1. The van der Waals surface area contributed by atoms with E-state index in [1.165, 1.54) is 0 Å². The van der Waals surface area contributed by atoms with Crippen LogP contribution in [0.2, 0.25) is 5.02 Å². The molecule has 0 saturated carbocycles. The van der Waals surface area contributed by atoms with Crippen LogP contribution in [-0.2, 0) is 0 Å². The minimum atomic E-state index is -0.218. The number of carbonyl (C=O) groups is 1. The van der Waals surface area contributed by atoms with Gasteiger partial charge in [-0.25, -0.2) is 0 Å². The molecule has 6 nitrogen and oxygen atoms in total. The molecule has 31 heavy (non-hydrogen) atoms. The average molecular weight is 458 g/mol. The topological polar surface area (TPSA) is 60.3 Å².